The Labute approximate surface area is 351 Å². The minimum atomic E-state index is -2.13. The van der Waals surface area contributed by atoms with Crippen molar-refractivity contribution < 1.29 is 38.7 Å². The summed E-state index contributed by atoms with van der Waals surface area (Å²) < 4.78 is 24.4. The highest BCUT2D eigenvalue weighted by atomic mass is 16.6. The zero-order valence-electron chi connectivity index (χ0n) is 36.7. The summed E-state index contributed by atoms with van der Waals surface area (Å²) in [6.07, 6.45) is 26.0. The molecule has 0 heterocycles. The molecule has 58 heavy (non-hydrogen) atoms. The number of aliphatic carboxylic acids is 2. The minimum Gasteiger partial charge on any atom is -0.494 e. The molecular formula is C50H78O8. The Kier molecular flexibility index (Phi) is 20.9. The van der Waals surface area contributed by atoms with Gasteiger partial charge in [0.05, 0.1) is 26.4 Å². The maximum absolute atomic E-state index is 13.0. The monoisotopic (exact) mass is 807 g/mol. The molecule has 0 spiro atoms. The Morgan fingerprint density at radius 2 is 0.810 bits per heavy atom. The van der Waals surface area contributed by atoms with Crippen molar-refractivity contribution in [2.24, 2.45) is 23.7 Å². The van der Waals surface area contributed by atoms with E-state index in [1.54, 1.807) is 13.8 Å². The summed E-state index contributed by atoms with van der Waals surface area (Å²) in [6, 6.07) is 14.8. The van der Waals surface area contributed by atoms with Gasteiger partial charge in [-0.2, -0.15) is 0 Å². The molecule has 8 heteroatoms. The summed E-state index contributed by atoms with van der Waals surface area (Å²) in [6.45, 7) is 8.95. The molecule has 326 valence electrons. The van der Waals surface area contributed by atoms with Crippen LogP contribution in [-0.2, 0) is 32.3 Å². The number of carboxylic acids is 2. The van der Waals surface area contributed by atoms with Crippen LogP contribution in [0.25, 0.3) is 0 Å². The van der Waals surface area contributed by atoms with Crippen LogP contribution < -0.4 is 9.47 Å². The third kappa shape index (κ3) is 14.3. The summed E-state index contributed by atoms with van der Waals surface area (Å²) in [5.41, 5.74) is -2.82. The van der Waals surface area contributed by atoms with E-state index in [0.717, 1.165) is 59.1 Å². The van der Waals surface area contributed by atoms with Gasteiger partial charge in [-0.05, 0) is 97.6 Å². The van der Waals surface area contributed by atoms with E-state index in [4.69, 9.17) is 18.9 Å². The van der Waals surface area contributed by atoms with Crippen LogP contribution in [0.3, 0.4) is 0 Å². The SMILES string of the molecule is CCCCC[C@H]1CC[C@H](CCCOc2ccc(CO[C@@](CC)(C(=O)O)[C@@](CC)(OCc3ccc(OCCC[C@H]4CC[C@H](CCCCC)CC4)cc3)C(=O)O)cc2)CC1. The second-order valence-electron chi connectivity index (χ2n) is 17.6. The van der Waals surface area contributed by atoms with Crippen LogP contribution in [0.4, 0.5) is 0 Å². The first kappa shape index (κ1) is 47.6. The molecule has 2 aromatic carbocycles. The summed E-state index contributed by atoms with van der Waals surface area (Å²) in [5, 5.41) is 21.2. The average molecular weight is 807 g/mol. The molecule has 2 aliphatic rings. The highest BCUT2D eigenvalue weighted by molar-refractivity contribution is 5.91. The number of hydrogen-bond acceptors (Lipinski definition) is 6. The fourth-order valence-electron chi connectivity index (χ4n) is 9.66. The van der Waals surface area contributed by atoms with Crippen molar-refractivity contribution in [2.45, 2.75) is 193 Å². The van der Waals surface area contributed by atoms with Gasteiger partial charge in [-0.25, -0.2) is 9.59 Å². The van der Waals surface area contributed by atoms with E-state index in [9.17, 15) is 19.8 Å². The van der Waals surface area contributed by atoms with Gasteiger partial charge in [-0.3, -0.25) is 0 Å². The molecule has 8 nitrogen and oxygen atoms in total. The lowest BCUT2D eigenvalue weighted by Crippen LogP contribution is -2.65. The van der Waals surface area contributed by atoms with Crippen molar-refractivity contribution in [3.8, 4) is 11.5 Å². The Morgan fingerprint density at radius 1 is 0.500 bits per heavy atom. The lowest BCUT2D eigenvalue weighted by atomic mass is 9.77. The number of benzene rings is 2. The molecule has 2 saturated carbocycles. The van der Waals surface area contributed by atoms with Gasteiger partial charge in [0.1, 0.15) is 11.5 Å². The maximum atomic E-state index is 13.0. The lowest BCUT2D eigenvalue weighted by molar-refractivity contribution is -0.238. The van der Waals surface area contributed by atoms with Gasteiger partial charge in [0.2, 0.25) is 11.2 Å². The zero-order valence-corrected chi connectivity index (χ0v) is 36.7. The summed E-state index contributed by atoms with van der Waals surface area (Å²) in [7, 11) is 0. The second-order valence-corrected chi connectivity index (χ2v) is 17.6. The van der Waals surface area contributed by atoms with Crippen molar-refractivity contribution in [1.29, 1.82) is 0 Å². The van der Waals surface area contributed by atoms with Gasteiger partial charge >= 0.3 is 11.9 Å². The quantitative estimate of drug-likeness (QED) is 0.0782. The van der Waals surface area contributed by atoms with E-state index in [1.807, 2.05) is 48.5 Å². The van der Waals surface area contributed by atoms with Crippen molar-refractivity contribution in [1.82, 2.24) is 0 Å². The number of hydrogen-bond donors (Lipinski definition) is 2. The van der Waals surface area contributed by atoms with Gasteiger partial charge in [0.25, 0.3) is 0 Å². The van der Waals surface area contributed by atoms with E-state index in [-0.39, 0.29) is 26.1 Å². The number of unbranched alkanes of at least 4 members (excludes halogenated alkanes) is 4. The van der Waals surface area contributed by atoms with Crippen LogP contribution in [0.15, 0.2) is 48.5 Å². The molecule has 0 unspecified atom stereocenters. The molecule has 2 aromatic rings. The Balaban J connectivity index is 1.22. The third-order valence-electron chi connectivity index (χ3n) is 13.6. The van der Waals surface area contributed by atoms with Crippen LogP contribution >= 0.6 is 0 Å². The van der Waals surface area contributed by atoms with E-state index >= 15 is 0 Å². The smallest absolute Gasteiger partial charge is 0.339 e. The Bertz CT molecular complexity index is 1320. The van der Waals surface area contributed by atoms with E-state index in [2.05, 4.69) is 13.8 Å². The minimum absolute atomic E-state index is 0.0910. The van der Waals surface area contributed by atoms with Crippen LogP contribution in [0.1, 0.15) is 180 Å². The molecule has 4 rings (SSSR count). The van der Waals surface area contributed by atoms with Crippen molar-refractivity contribution in [2.75, 3.05) is 13.2 Å². The molecule has 0 bridgehead atoms. The highest BCUT2D eigenvalue weighted by Crippen LogP contribution is 2.40. The Morgan fingerprint density at radius 3 is 1.09 bits per heavy atom. The number of carbonyl (C=O) groups is 2. The predicted octanol–water partition coefficient (Wildman–Crippen LogP) is 13.0. The van der Waals surface area contributed by atoms with E-state index in [0.29, 0.717) is 13.2 Å². The summed E-state index contributed by atoms with van der Waals surface area (Å²) in [4.78, 5) is 26.0. The average Bonchev–Trinajstić information content (AvgIpc) is 3.24. The van der Waals surface area contributed by atoms with Gasteiger partial charge in [0, 0.05) is 0 Å². The molecule has 0 radical (unpaired) electrons. The first-order chi connectivity index (χ1) is 28.2. The standard InChI is InChI=1S/C50H78O8/c1-5-9-11-15-39-19-23-41(24-20-39)17-13-35-55-45-31-27-43(28-32-45)37-57-49(7-3,47(51)52)50(8-4,48(53)54)58-38-44-29-33-46(34-30-44)56-36-14-18-42-25-21-40(22-26-42)16-12-10-6-2/h27-34,39-42H,5-26,35-38H2,1-4H3,(H,51,52)(H,53,54)/t39-,40-,41-,42-,49-,50-/m0/s1. The normalized spacial score (nSPS) is 21.8. The molecule has 0 aromatic heterocycles. The lowest BCUT2D eigenvalue weighted by Gasteiger charge is -2.43. The van der Waals surface area contributed by atoms with Gasteiger partial charge in [0.15, 0.2) is 0 Å². The van der Waals surface area contributed by atoms with Crippen LogP contribution in [0.2, 0.25) is 0 Å². The van der Waals surface area contributed by atoms with Gasteiger partial charge in [-0.15, -0.1) is 0 Å². The van der Waals surface area contributed by atoms with Gasteiger partial charge in [-0.1, -0.05) is 155 Å². The van der Waals surface area contributed by atoms with Crippen LogP contribution in [0, 0.1) is 23.7 Å². The summed E-state index contributed by atoms with van der Waals surface area (Å²) in [5.74, 6) is 2.24. The number of rotatable bonds is 29. The topological polar surface area (TPSA) is 112 Å². The van der Waals surface area contributed by atoms with Crippen LogP contribution in [-0.4, -0.2) is 46.6 Å². The molecule has 2 fully saturated rings. The molecular weight excluding hydrogens is 729 g/mol. The van der Waals surface area contributed by atoms with E-state index < -0.39 is 23.1 Å². The molecule has 0 saturated heterocycles. The Hall–Kier alpha value is -3.10. The maximum Gasteiger partial charge on any atom is 0.339 e. The number of ether oxygens (including phenoxy) is 4. The molecule has 0 aliphatic heterocycles. The number of carboxylic acid groups (broad SMARTS) is 2. The fourth-order valence-corrected chi connectivity index (χ4v) is 9.66. The molecule has 0 amide bonds. The predicted molar refractivity (Wildman–Crippen MR) is 232 cm³/mol. The molecule has 2 aliphatic carbocycles. The summed E-state index contributed by atoms with van der Waals surface area (Å²) >= 11 is 0. The van der Waals surface area contributed by atoms with Crippen molar-refractivity contribution in [3.63, 3.8) is 0 Å². The van der Waals surface area contributed by atoms with Crippen LogP contribution in [0.5, 0.6) is 11.5 Å². The second kappa shape index (κ2) is 25.5. The highest BCUT2D eigenvalue weighted by Gasteiger charge is 2.62. The molecule has 2 atom stereocenters. The first-order valence-corrected chi connectivity index (χ1v) is 23.4. The van der Waals surface area contributed by atoms with Crippen molar-refractivity contribution >= 4 is 11.9 Å². The molecule has 2 N–H and O–H groups in total. The largest absolute Gasteiger partial charge is 0.494 e. The first-order valence-electron chi connectivity index (χ1n) is 23.4. The van der Waals surface area contributed by atoms with E-state index in [1.165, 1.54) is 116 Å². The van der Waals surface area contributed by atoms with Gasteiger partial charge < -0.3 is 29.2 Å². The third-order valence-corrected chi connectivity index (χ3v) is 13.6. The zero-order chi connectivity index (χ0) is 41.6. The van der Waals surface area contributed by atoms with Crippen molar-refractivity contribution in [3.05, 3.63) is 59.7 Å². The fraction of sp³-hybridized carbons (Fsp3) is 0.720.